The first-order valence-corrected chi connectivity index (χ1v) is 10.5. The number of hydrogen-bond donors (Lipinski definition) is 1. The molecular weight excluding hydrogens is 383 g/mol. The second-order valence-corrected chi connectivity index (χ2v) is 8.90. The number of benzene rings is 1. The summed E-state index contributed by atoms with van der Waals surface area (Å²) in [6, 6.07) is 5.44. The first kappa shape index (κ1) is 18.1. The number of halogens is 2. The molecule has 1 atom stereocenters. The molecule has 0 spiro atoms. The van der Waals surface area contributed by atoms with Crippen LogP contribution in [0.5, 0.6) is 0 Å². The Bertz CT molecular complexity index is 688. The van der Waals surface area contributed by atoms with E-state index < -0.39 is 0 Å². The van der Waals surface area contributed by atoms with E-state index in [-0.39, 0.29) is 11.2 Å². The van der Waals surface area contributed by atoms with Gasteiger partial charge in [-0.15, -0.1) is 23.1 Å². The van der Waals surface area contributed by atoms with Crippen LogP contribution >= 0.6 is 46.3 Å². The fraction of sp³-hybridized carbons (Fsp3) is 0.412. The van der Waals surface area contributed by atoms with Gasteiger partial charge in [-0.2, -0.15) is 0 Å². The van der Waals surface area contributed by atoms with Crippen LogP contribution in [-0.4, -0.2) is 16.1 Å². The molecule has 0 radical (unpaired) electrons. The van der Waals surface area contributed by atoms with Crippen molar-refractivity contribution in [1.29, 1.82) is 0 Å². The van der Waals surface area contributed by atoms with E-state index in [1.165, 1.54) is 30.6 Å². The predicted octanol–water partition coefficient (Wildman–Crippen LogP) is 6.20. The van der Waals surface area contributed by atoms with Crippen molar-refractivity contribution in [3.8, 4) is 0 Å². The summed E-state index contributed by atoms with van der Waals surface area (Å²) in [6.07, 6.45) is 7.77. The smallest absolute Gasteiger partial charge is 0.243 e. The number of rotatable bonds is 5. The van der Waals surface area contributed by atoms with Gasteiger partial charge in [-0.1, -0.05) is 48.5 Å². The van der Waals surface area contributed by atoms with Crippen molar-refractivity contribution < 1.29 is 4.79 Å². The first-order chi connectivity index (χ1) is 11.6. The largest absolute Gasteiger partial charge is 0.301 e. The Morgan fingerprint density at radius 1 is 1.25 bits per heavy atom. The summed E-state index contributed by atoms with van der Waals surface area (Å²) < 4.78 is 0. The highest BCUT2D eigenvalue weighted by atomic mass is 35.5. The summed E-state index contributed by atoms with van der Waals surface area (Å²) in [5, 5.41) is 6.55. The van der Waals surface area contributed by atoms with E-state index >= 15 is 0 Å². The number of anilines is 1. The molecule has 24 heavy (non-hydrogen) atoms. The van der Waals surface area contributed by atoms with E-state index in [1.54, 1.807) is 30.1 Å². The molecular formula is C17H18Cl2N2OS2. The van der Waals surface area contributed by atoms with Gasteiger partial charge in [0.25, 0.3) is 0 Å². The minimum Gasteiger partial charge on any atom is -0.301 e. The van der Waals surface area contributed by atoms with Crippen molar-refractivity contribution in [3.05, 3.63) is 45.4 Å². The predicted molar refractivity (Wildman–Crippen MR) is 104 cm³/mol. The molecule has 1 unspecified atom stereocenters. The summed E-state index contributed by atoms with van der Waals surface area (Å²) in [4.78, 5) is 17.0. The molecule has 3 rings (SSSR count). The van der Waals surface area contributed by atoms with Crippen LogP contribution in [0.25, 0.3) is 0 Å². The lowest BCUT2D eigenvalue weighted by Gasteiger charge is -2.26. The van der Waals surface area contributed by atoms with Gasteiger partial charge in [-0.3, -0.25) is 4.79 Å². The Morgan fingerprint density at radius 3 is 2.71 bits per heavy atom. The van der Waals surface area contributed by atoms with Crippen LogP contribution in [0.4, 0.5) is 5.13 Å². The molecule has 7 heteroatoms. The van der Waals surface area contributed by atoms with E-state index in [4.69, 9.17) is 23.2 Å². The Morgan fingerprint density at radius 2 is 2.04 bits per heavy atom. The average molecular weight is 401 g/mol. The van der Waals surface area contributed by atoms with Crippen molar-refractivity contribution in [2.24, 2.45) is 0 Å². The normalized spacial score (nSPS) is 16.8. The summed E-state index contributed by atoms with van der Waals surface area (Å²) in [6.45, 7) is 0. The minimum atomic E-state index is -0.313. The molecule has 1 aromatic heterocycles. The van der Waals surface area contributed by atoms with Crippen LogP contribution in [0, 0.1) is 0 Å². The van der Waals surface area contributed by atoms with Gasteiger partial charge in [0.1, 0.15) is 5.25 Å². The molecule has 1 amide bonds. The van der Waals surface area contributed by atoms with Crippen molar-refractivity contribution in [1.82, 2.24) is 4.98 Å². The van der Waals surface area contributed by atoms with Gasteiger partial charge in [0.15, 0.2) is 5.13 Å². The van der Waals surface area contributed by atoms with Crippen LogP contribution in [-0.2, 0) is 4.79 Å². The van der Waals surface area contributed by atoms with Gasteiger partial charge in [0, 0.05) is 16.8 Å². The summed E-state index contributed by atoms with van der Waals surface area (Å²) in [5.41, 5.74) is 0.883. The van der Waals surface area contributed by atoms with E-state index in [9.17, 15) is 4.79 Å². The van der Waals surface area contributed by atoms with Crippen LogP contribution < -0.4 is 5.32 Å². The second kappa shape index (κ2) is 8.56. The lowest BCUT2D eigenvalue weighted by atomic mass is 10.0. The van der Waals surface area contributed by atoms with Crippen LogP contribution in [0.2, 0.25) is 10.0 Å². The number of aromatic nitrogens is 1. The monoisotopic (exact) mass is 400 g/mol. The highest BCUT2D eigenvalue weighted by Crippen LogP contribution is 2.40. The van der Waals surface area contributed by atoms with Crippen molar-refractivity contribution in [2.75, 3.05) is 5.32 Å². The second-order valence-electron chi connectivity index (χ2n) is 5.78. The van der Waals surface area contributed by atoms with Crippen molar-refractivity contribution in [3.63, 3.8) is 0 Å². The van der Waals surface area contributed by atoms with E-state index in [0.29, 0.717) is 20.4 Å². The third-order valence-electron chi connectivity index (χ3n) is 4.03. The van der Waals surface area contributed by atoms with Gasteiger partial charge in [-0.05, 0) is 30.5 Å². The Kier molecular flexibility index (Phi) is 6.44. The quantitative estimate of drug-likeness (QED) is 0.649. The lowest BCUT2D eigenvalue weighted by Crippen LogP contribution is -2.22. The zero-order valence-electron chi connectivity index (χ0n) is 13.0. The Hall–Kier alpha value is -0.750. The molecule has 1 aliphatic rings. The number of nitrogens with zero attached hydrogens (tertiary/aromatic N) is 1. The van der Waals surface area contributed by atoms with E-state index in [1.807, 2.05) is 11.4 Å². The lowest BCUT2D eigenvalue weighted by molar-refractivity contribution is -0.115. The third kappa shape index (κ3) is 4.66. The zero-order chi connectivity index (χ0) is 16.9. The first-order valence-electron chi connectivity index (χ1n) is 7.94. The maximum atomic E-state index is 12.8. The fourth-order valence-electron chi connectivity index (χ4n) is 2.82. The molecule has 1 aliphatic carbocycles. The molecule has 1 N–H and O–H groups in total. The van der Waals surface area contributed by atoms with Crippen molar-refractivity contribution >= 4 is 57.3 Å². The molecule has 1 aromatic carbocycles. The zero-order valence-corrected chi connectivity index (χ0v) is 16.1. The summed E-state index contributed by atoms with van der Waals surface area (Å²) in [7, 11) is 0. The van der Waals surface area contributed by atoms with Gasteiger partial charge in [0.2, 0.25) is 5.91 Å². The van der Waals surface area contributed by atoms with Gasteiger partial charge in [0.05, 0.1) is 10.0 Å². The molecule has 0 bridgehead atoms. The Balaban J connectivity index is 1.81. The number of hydrogen-bond acceptors (Lipinski definition) is 4. The van der Waals surface area contributed by atoms with Crippen LogP contribution in [0.3, 0.4) is 0 Å². The third-order valence-corrected chi connectivity index (χ3v) is 7.07. The molecule has 0 saturated heterocycles. The van der Waals surface area contributed by atoms with E-state index in [0.717, 1.165) is 18.4 Å². The van der Waals surface area contributed by atoms with Gasteiger partial charge >= 0.3 is 0 Å². The SMILES string of the molecule is O=C(Nc1nccs1)C(SC1CCCCC1)c1ccc(Cl)c(Cl)c1. The maximum absolute atomic E-state index is 12.8. The molecule has 0 aliphatic heterocycles. The highest BCUT2D eigenvalue weighted by Gasteiger charge is 2.27. The number of thioether (sulfide) groups is 1. The standard InChI is InChI=1S/C17H18Cl2N2OS2/c18-13-7-6-11(10-14(13)19)15(24-12-4-2-1-3-5-12)16(22)21-17-20-8-9-23-17/h6-10,12,15H,1-5H2,(H,20,21,22). The fourth-order valence-corrected chi connectivity index (χ4v) is 5.13. The number of carbonyl (C=O) groups excluding carboxylic acids is 1. The average Bonchev–Trinajstić information content (AvgIpc) is 3.09. The molecule has 3 nitrogen and oxygen atoms in total. The molecule has 1 saturated carbocycles. The van der Waals surface area contributed by atoms with Crippen LogP contribution in [0.15, 0.2) is 29.8 Å². The minimum absolute atomic E-state index is 0.0566. The number of thiazole rings is 1. The molecule has 1 fully saturated rings. The molecule has 128 valence electrons. The molecule has 2 aromatic rings. The van der Waals surface area contributed by atoms with Gasteiger partial charge < -0.3 is 5.32 Å². The van der Waals surface area contributed by atoms with Crippen LogP contribution in [0.1, 0.15) is 42.9 Å². The van der Waals surface area contributed by atoms with E-state index in [2.05, 4.69) is 10.3 Å². The van der Waals surface area contributed by atoms with Gasteiger partial charge in [-0.25, -0.2) is 4.98 Å². The maximum Gasteiger partial charge on any atom is 0.243 e. The molecule has 1 heterocycles. The van der Waals surface area contributed by atoms with Crippen molar-refractivity contribution in [2.45, 2.75) is 42.6 Å². The summed E-state index contributed by atoms with van der Waals surface area (Å²) in [5.74, 6) is -0.0566. The topological polar surface area (TPSA) is 42.0 Å². The highest BCUT2D eigenvalue weighted by molar-refractivity contribution is 8.00. The number of carbonyl (C=O) groups is 1. The number of amides is 1. The summed E-state index contributed by atoms with van der Waals surface area (Å²) >= 11 is 15.3. The Labute approximate surface area is 160 Å². The number of nitrogens with one attached hydrogen (secondary N) is 1.